The standard InChI is InChI=1S/C18H24N2O/c1-12-9-13(2)17-14(10-12)11-16(20-17)18(21)19-15-7-5-3-4-6-8-15/h9-11,15,20H,3-8H2,1-2H3,(H,19,21). The first-order valence-corrected chi connectivity index (χ1v) is 8.04. The van der Waals surface area contributed by atoms with Gasteiger partial charge in [-0.3, -0.25) is 4.79 Å². The van der Waals surface area contributed by atoms with E-state index >= 15 is 0 Å². The predicted octanol–water partition coefficient (Wildman–Crippen LogP) is 4.24. The molecule has 3 nitrogen and oxygen atoms in total. The number of hydrogen-bond acceptors (Lipinski definition) is 1. The van der Waals surface area contributed by atoms with Gasteiger partial charge in [0.1, 0.15) is 5.69 Å². The molecule has 1 saturated carbocycles. The van der Waals surface area contributed by atoms with E-state index in [1.54, 1.807) is 0 Å². The van der Waals surface area contributed by atoms with Crippen molar-refractivity contribution in [2.75, 3.05) is 0 Å². The lowest BCUT2D eigenvalue weighted by Crippen LogP contribution is -2.34. The molecular weight excluding hydrogens is 260 g/mol. The van der Waals surface area contributed by atoms with Crippen molar-refractivity contribution < 1.29 is 4.79 Å². The number of aryl methyl sites for hydroxylation is 2. The number of hydrogen-bond donors (Lipinski definition) is 2. The molecule has 1 aliphatic rings. The van der Waals surface area contributed by atoms with Crippen molar-refractivity contribution in [3.8, 4) is 0 Å². The lowest BCUT2D eigenvalue weighted by Gasteiger charge is -2.15. The molecule has 0 aliphatic heterocycles. The van der Waals surface area contributed by atoms with Gasteiger partial charge in [-0.15, -0.1) is 0 Å². The Balaban J connectivity index is 1.79. The number of aromatic amines is 1. The van der Waals surface area contributed by atoms with Crippen molar-refractivity contribution in [2.45, 2.75) is 58.4 Å². The number of nitrogens with one attached hydrogen (secondary N) is 2. The number of benzene rings is 1. The Bertz CT molecular complexity index is 649. The molecule has 3 heteroatoms. The molecule has 0 bridgehead atoms. The van der Waals surface area contributed by atoms with Crippen LogP contribution in [0.15, 0.2) is 18.2 Å². The lowest BCUT2D eigenvalue weighted by atomic mass is 10.1. The topological polar surface area (TPSA) is 44.9 Å². The van der Waals surface area contributed by atoms with Crippen LogP contribution >= 0.6 is 0 Å². The molecule has 2 N–H and O–H groups in total. The van der Waals surface area contributed by atoms with E-state index in [2.05, 4.69) is 36.3 Å². The van der Waals surface area contributed by atoms with E-state index in [-0.39, 0.29) is 5.91 Å². The Morgan fingerprint density at radius 3 is 2.52 bits per heavy atom. The van der Waals surface area contributed by atoms with E-state index in [1.807, 2.05) is 6.07 Å². The zero-order valence-electron chi connectivity index (χ0n) is 13.0. The zero-order chi connectivity index (χ0) is 14.8. The lowest BCUT2D eigenvalue weighted by molar-refractivity contribution is 0.0929. The predicted molar refractivity (Wildman–Crippen MR) is 86.7 cm³/mol. The number of aromatic nitrogens is 1. The molecule has 1 aromatic carbocycles. The molecule has 1 heterocycles. The van der Waals surface area contributed by atoms with Crippen LogP contribution in [0.2, 0.25) is 0 Å². The van der Waals surface area contributed by atoms with Crippen LogP contribution < -0.4 is 5.32 Å². The summed E-state index contributed by atoms with van der Waals surface area (Å²) in [6.07, 6.45) is 7.30. The Kier molecular flexibility index (Phi) is 4.00. The highest BCUT2D eigenvalue weighted by atomic mass is 16.1. The summed E-state index contributed by atoms with van der Waals surface area (Å²) in [4.78, 5) is 15.7. The molecule has 0 unspecified atom stereocenters. The highest BCUT2D eigenvalue weighted by molar-refractivity contribution is 5.99. The summed E-state index contributed by atoms with van der Waals surface area (Å²) in [7, 11) is 0. The molecule has 0 saturated heterocycles. The van der Waals surface area contributed by atoms with Gasteiger partial charge in [-0.2, -0.15) is 0 Å². The van der Waals surface area contributed by atoms with E-state index in [1.165, 1.54) is 36.8 Å². The van der Waals surface area contributed by atoms with Crippen molar-refractivity contribution in [2.24, 2.45) is 0 Å². The first-order chi connectivity index (χ1) is 10.1. The first-order valence-electron chi connectivity index (χ1n) is 8.04. The van der Waals surface area contributed by atoms with E-state index < -0.39 is 0 Å². The average Bonchev–Trinajstić information content (AvgIpc) is 2.70. The van der Waals surface area contributed by atoms with E-state index in [9.17, 15) is 4.79 Å². The Morgan fingerprint density at radius 1 is 1.10 bits per heavy atom. The first kappa shape index (κ1) is 14.2. The molecule has 1 aliphatic carbocycles. The third kappa shape index (κ3) is 3.12. The van der Waals surface area contributed by atoms with Crippen molar-refractivity contribution in [3.05, 3.63) is 35.0 Å². The second-order valence-corrected chi connectivity index (χ2v) is 6.39. The fourth-order valence-corrected chi connectivity index (χ4v) is 3.42. The van der Waals surface area contributed by atoms with Crippen molar-refractivity contribution in [1.82, 2.24) is 10.3 Å². The van der Waals surface area contributed by atoms with Gasteiger partial charge in [-0.1, -0.05) is 37.3 Å². The van der Waals surface area contributed by atoms with Crippen LogP contribution in [-0.4, -0.2) is 16.9 Å². The number of H-pyrrole nitrogens is 1. The normalized spacial score (nSPS) is 16.9. The highest BCUT2D eigenvalue weighted by Crippen LogP contribution is 2.22. The quantitative estimate of drug-likeness (QED) is 0.796. The molecule has 0 atom stereocenters. The van der Waals surface area contributed by atoms with Crippen LogP contribution in [0.25, 0.3) is 10.9 Å². The molecule has 1 aromatic heterocycles. The van der Waals surface area contributed by atoms with Crippen LogP contribution in [0.1, 0.15) is 60.1 Å². The second kappa shape index (κ2) is 5.92. The van der Waals surface area contributed by atoms with Crippen LogP contribution in [0.3, 0.4) is 0 Å². The fraction of sp³-hybridized carbons (Fsp3) is 0.500. The number of amides is 1. The van der Waals surface area contributed by atoms with Gasteiger partial charge < -0.3 is 10.3 Å². The van der Waals surface area contributed by atoms with Gasteiger partial charge in [0, 0.05) is 16.9 Å². The van der Waals surface area contributed by atoms with Gasteiger partial charge in [0.15, 0.2) is 0 Å². The Morgan fingerprint density at radius 2 is 1.81 bits per heavy atom. The van der Waals surface area contributed by atoms with Crippen molar-refractivity contribution in [3.63, 3.8) is 0 Å². The SMILES string of the molecule is Cc1cc(C)c2[nH]c(C(=O)NC3CCCCCC3)cc2c1. The smallest absolute Gasteiger partial charge is 0.267 e. The largest absolute Gasteiger partial charge is 0.350 e. The summed E-state index contributed by atoms with van der Waals surface area (Å²) in [5.74, 6) is 0.0372. The molecule has 0 spiro atoms. The minimum Gasteiger partial charge on any atom is -0.350 e. The second-order valence-electron chi connectivity index (χ2n) is 6.39. The maximum absolute atomic E-state index is 12.4. The van der Waals surface area contributed by atoms with Crippen LogP contribution in [0.4, 0.5) is 0 Å². The molecule has 112 valence electrons. The van der Waals surface area contributed by atoms with E-state index in [0.717, 1.165) is 23.7 Å². The van der Waals surface area contributed by atoms with E-state index in [4.69, 9.17) is 0 Å². The maximum Gasteiger partial charge on any atom is 0.267 e. The fourth-order valence-electron chi connectivity index (χ4n) is 3.42. The molecule has 3 rings (SSSR count). The molecule has 1 fully saturated rings. The minimum absolute atomic E-state index is 0.0372. The maximum atomic E-state index is 12.4. The zero-order valence-corrected chi connectivity index (χ0v) is 13.0. The summed E-state index contributed by atoms with van der Waals surface area (Å²) in [6.45, 7) is 4.17. The number of fused-ring (bicyclic) bond motifs is 1. The summed E-state index contributed by atoms with van der Waals surface area (Å²) in [5, 5.41) is 4.32. The van der Waals surface area contributed by atoms with E-state index in [0.29, 0.717) is 11.7 Å². The molecule has 21 heavy (non-hydrogen) atoms. The third-order valence-corrected chi connectivity index (χ3v) is 4.50. The third-order valence-electron chi connectivity index (χ3n) is 4.50. The minimum atomic E-state index is 0.0372. The summed E-state index contributed by atoms with van der Waals surface area (Å²) in [5.41, 5.74) is 4.18. The van der Waals surface area contributed by atoms with Gasteiger partial charge >= 0.3 is 0 Å². The van der Waals surface area contributed by atoms with Crippen LogP contribution in [-0.2, 0) is 0 Å². The summed E-state index contributed by atoms with van der Waals surface area (Å²) < 4.78 is 0. The van der Waals surface area contributed by atoms with Crippen molar-refractivity contribution in [1.29, 1.82) is 0 Å². The number of rotatable bonds is 2. The van der Waals surface area contributed by atoms with Crippen molar-refractivity contribution >= 4 is 16.8 Å². The number of carbonyl (C=O) groups excluding carboxylic acids is 1. The van der Waals surface area contributed by atoms with Gasteiger partial charge in [0.2, 0.25) is 0 Å². The molecule has 0 radical (unpaired) electrons. The van der Waals surface area contributed by atoms with Gasteiger partial charge in [0.05, 0.1) is 0 Å². The molecule has 1 amide bonds. The highest BCUT2D eigenvalue weighted by Gasteiger charge is 2.17. The van der Waals surface area contributed by atoms with Gasteiger partial charge in [-0.25, -0.2) is 0 Å². The Labute approximate surface area is 126 Å². The van der Waals surface area contributed by atoms with Crippen LogP contribution in [0, 0.1) is 13.8 Å². The average molecular weight is 284 g/mol. The van der Waals surface area contributed by atoms with Gasteiger partial charge in [-0.05, 0) is 44.4 Å². The molecular formula is C18H24N2O. The summed E-state index contributed by atoms with van der Waals surface area (Å²) >= 11 is 0. The Hall–Kier alpha value is -1.77. The van der Waals surface area contributed by atoms with Gasteiger partial charge in [0.25, 0.3) is 5.91 Å². The monoisotopic (exact) mass is 284 g/mol. The van der Waals surface area contributed by atoms with Crippen LogP contribution in [0.5, 0.6) is 0 Å². The number of carbonyl (C=O) groups is 1. The molecule has 2 aromatic rings. The summed E-state index contributed by atoms with van der Waals surface area (Å²) in [6, 6.07) is 6.59.